The maximum atomic E-state index is 13.3. The van der Waals surface area contributed by atoms with E-state index in [9.17, 15) is 9.59 Å². The van der Waals surface area contributed by atoms with E-state index in [0.717, 1.165) is 16.6 Å². The molecule has 0 atom stereocenters. The molecule has 3 aromatic heterocycles. The Morgan fingerprint density at radius 1 is 1.19 bits per heavy atom. The minimum Gasteiger partial charge on any atom is -0.480 e. The number of likely N-dealkylation sites (tertiary alicyclic amines) is 1. The maximum Gasteiger partial charge on any atom is 0.264 e. The molecule has 3 aromatic rings. The Hall–Kier alpha value is -2.63. The molecule has 0 aromatic carbocycles. The van der Waals surface area contributed by atoms with Gasteiger partial charge in [-0.1, -0.05) is 0 Å². The van der Waals surface area contributed by atoms with Gasteiger partial charge in [0.15, 0.2) is 11.0 Å². The van der Waals surface area contributed by atoms with Gasteiger partial charge in [-0.3, -0.25) is 9.59 Å². The molecule has 0 saturated carbocycles. The Kier molecular flexibility index (Phi) is 6.68. The van der Waals surface area contributed by atoms with Gasteiger partial charge in [0.2, 0.25) is 11.8 Å². The fourth-order valence-corrected chi connectivity index (χ4v) is 5.65. The number of fused-ring (bicyclic) bond motifs is 1. The Bertz CT molecular complexity index is 1150. The normalized spacial score (nSPS) is 14.7. The van der Waals surface area contributed by atoms with Crippen molar-refractivity contribution < 1.29 is 19.1 Å². The molecule has 9 nitrogen and oxygen atoms in total. The topological polar surface area (TPSA) is 107 Å². The third kappa shape index (κ3) is 4.45. The largest absolute Gasteiger partial charge is 0.480 e. The van der Waals surface area contributed by atoms with Crippen molar-refractivity contribution in [1.82, 2.24) is 19.9 Å². The van der Waals surface area contributed by atoms with E-state index in [2.05, 4.69) is 20.3 Å². The lowest BCUT2D eigenvalue weighted by Gasteiger charge is -2.31. The van der Waals surface area contributed by atoms with Crippen LogP contribution in [0.15, 0.2) is 5.38 Å². The number of nitrogens with one attached hydrogen (secondary N) is 1. The number of thiophene rings is 1. The van der Waals surface area contributed by atoms with E-state index in [-0.39, 0.29) is 24.3 Å². The van der Waals surface area contributed by atoms with Crippen molar-refractivity contribution >= 4 is 49.8 Å². The highest BCUT2D eigenvalue weighted by Crippen LogP contribution is 2.36. The van der Waals surface area contributed by atoms with E-state index in [1.54, 1.807) is 14.2 Å². The van der Waals surface area contributed by atoms with E-state index in [1.807, 2.05) is 24.1 Å². The first kappa shape index (κ1) is 22.6. The molecule has 0 aliphatic carbocycles. The van der Waals surface area contributed by atoms with Crippen LogP contribution in [-0.2, 0) is 16.1 Å². The van der Waals surface area contributed by atoms with Gasteiger partial charge in [0.05, 0.1) is 23.1 Å². The number of nitrogens with zero attached hydrogens (tertiary/aromatic N) is 4. The molecule has 0 radical (unpaired) electrons. The van der Waals surface area contributed by atoms with Gasteiger partial charge in [-0.15, -0.1) is 22.7 Å². The summed E-state index contributed by atoms with van der Waals surface area (Å²) in [5.41, 5.74) is 1.70. The number of hydrogen-bond acceptors (Lipinski definition) is 9. The zero-order valence-corrected chi connectivity index (χ0v) is 20.1. The minimum absolute atomic E-state index is 0.0322. The van der Waals surface area contributed by atoms with Crippen LogP contribution < -0.4 is 10.1 Å². The summed E-state index contributed by atoms with van der Waals surface area (Å²) in [4.78, 5) is 42.2. The van der Waals surface area contributed by atoms with Crippen LogP contribution in [0.2, 0.25) is 0 Å². The number of anilines is 1. The van der Waals surface area contributed by atoms with E-state index >= 15 is 0 Å². The van der Waals surface area contributed by atoms with Crippen molar-refractivity contribution in [3.05, 3.63) is 27.3 Å². The average Bonchev–Trinajstić information content (AvgIpc) is 3.35. The van der Waals surface area contributed by atoms with Gasteiger partial charge in [0.1, 0.15) is 11.4 Å². The molecule has 0 bridgehead atoms. The van der Waals surface area contributed by atoms with Gasteiger partial charge in [0, 0.05) is 31.5 Å². The first-order valence-electron chi connectivity index (χ1n) is 10.3. The van der Waals surface area contributed by atoms with Gasteiger partial charge >= 0.3 is 0 Å². The second kappa shape index (κ2) is 9.47. The number of ether oxygens (including phenoxy) is 2. The number of rotatable bonds is 6. The molecule has 1 aliphatic rings. The highest BCUT2D eigenvalue weighted by molar-refractivity contribution is 7.20. The number of carbonyl (C=O) groups excluding carboxylic acids is 2. The van der Waals surface area contributed by atoms with Crippen molar-refractivity contribution in [1.29, 1.82) is 0 Å². The molecule has 0 unspecified atom stereocenters. The van der Waals surface area contributed by atoms with E-state index in [1.165, 1.54) is 22.7 Å². The minimum atomic E-state index is -0.130. The van der Waals surface area contributed by atoms with Crippen LogP contribution in [0.4, 0.5) is 5.13 Å². The lowest BCUT2D eigenvalue weighted by molar-refractivity contribution is -0.121. The lowest BCUT2D eigenvalue weighted by Crippen LogP contribution is -2.41. The summed E-state index contributed by atoms with van der Waals surface area (Å²) in [5, 5.41) is 6.17. The predicted molar refractivity (Wildman–Crippen MR) is 124 cm³/mol. The maximum absolute atomic E-state index is 13.3. The zero-order valence-electron chi connectivity index (χ0n) is 18.4. The number of thiazole rings is 1. The first-order chi connectivity index (χ1) is 15.4. The van der Waals surface area contributed by atoms with Crippen molar-refractivity contribution in [2.45, 2.75) is 33.3 Å². The van der Waals surface area contributed by atoms with Crippen molar-refractivity contribution in [2.75, 3.05) is 32.6 Å². The third-order valence-electron chi connectivity index (χ3n) is 5.47. The van der Waals surface area contributed by atoms with Gasteiger partial charge in [-0.05, 0) is 32.3 Å². The lowest BCUT2D eigenvalue weighted by atomic mass is 9.95. The quantitative estimate of drug-likeness (QED) is 0.582. The SMILES string of the molecule is COCc1nc(OC)c2c(C)c(C(=O)N3CCC(C(=O)Nc4nc(C)cs4)CC3)sc2n1. The van der Waals surface area contributed by atoms with Gasteiger partial charge < -0.3 is 19.7 Å². The number of methoxy groups -OCH3 is 2. The fraction of sp³-hybridized carbons (Fsp3) is 0.476. The molecular weight excluding hydrogens is 450 g/mol. The summed E-state index contributed by atoms with van der Waals surface area (Å²) in [6.07, 6.45) is 1.24. The number of amides is 2. The third-order valence-corrected chi connectivity index (χ3v) is 7.52. The van der Waals surface area contributed by atoms with Crippen LogP contribution in [0.1, 0.15) is 39.6 Å². The molecule has 2 amide bonds. The molecule has 1 fully saturated rings. The summed E-state index contributed by atoms with van der Waals surface area (Å²) < 4.78 is 10.6. The zero-order chi connectivity index (χ0) is 22.8. The number of hydrogen-bond donors (Lipinski definition) is 1. The number of aryl methyl sites for hydroxylation is 2. The molecule has 4 heterocycles. The van der Waals surface area contributed by atoms with Crippen LogP contribution in [-0.4, -0.2) is 59.0 Å². The molecule has 0 spiro atoms. The number of carbonyl (C=O) groups is 2. The Balaban J connectivity index is 1.47. The van der Waals surface area contributed by atoms with Crippen LogP contribution in [0.25, 0.3) is 10.2 Å². The molecule has 1 N–H and O–H groups in total. The van der Waals surface area contributed by atoms with Gasteiger partial charge in [-0.2, -0.15) is 4.98 Å². The highest BCUT2D eigenvalue weighted by atomic mass is 32.1. The molecular formula is C21H25N5O4S2. The van der Waals surface area contributed by atoms with E-state index < -0.39 is 0 Å². The monoisotopic (exact) mass is 475 g/mol. The summed E-state index contributed by atoms with van der Waals surface area (Å²) in [6.45, 7) is 5.11. The summed E-state index contributed by atoms with van der Waals surface area (Å²) in [5.74, 6) is 0.752. The number of aromatic nitrogens is 3. The average molecular weight is 476 g/mol. The molecule has 4 rings (SSSR count). The van der Waals surface area contributed by atoms with Crippen LogP contribution in [0.3, 0.4) is 0 Å². The second-order valence-electron chi connectivity index (χ2n) is 7.67. The van der Waals surface area contributed by atoms with Crippen LogP contribution in [0, 0.1) is 19.8 Å². The predicted octanol–water partition coefficient (Wildman–Crippen LogP) is 3.41. The summed E-state index contributed by atoms with van der Waals surface area (Å²) in [7, 11) is 3.14. The first-order valence-corrected chi connectivity index (χ1v) is 12.0. The molecule has 1 aliphatic heterocycles. The Morgan fingerprint density at radius 2 is 1.94 bits per heavy atom. The molecule has 1 saturated heterocycles. The molecule has 32 heavy (non-hydrogen) atoms. The van der Waals surface area contributed by atoms with Crippen molar-refractivity contribution in [2.24, 2.45) is 5.92 Å². The van der Waals surface area contributed by atoms with E-state index in [4.69, 9.17) is 9.47 Å². The van der Waals surface area contributed by atoms with Crippen LogP contribution >= 0.6 is 22.7 Å². The van der Waals surface area contributed by atoms with Crippen molar-refractivity contribution in [3.8, 4) is 5.88 Å². The van der Waals surface area contributed by atoms with Crippen molar-refractivity contribution in [3.63, 3.8) is 0 Å². The molecule has 11 heteroatoms. The Labute approximate surface area is 193 Å². The fourth-order valence-electron chi connectivity index (χ4n) is 3.80. The Morgan fingerprint density at radius 3 is 2.56 bits per heavy atom. The van der Waals surface area contributed by atoms with Crippen LogP contribution in [0.5, 0.6) is 5.88 Å². The summed E-state index contributed by atoms with van der Waals surface area (Å²) in [6, 6.07) is 0. The van der Waals surface area contributed by atoms with Gasteiger partial charge in [0.25, 0.3) is 5.91 Å². The van der Waals surface area contributed by atoms with E-state index in [0.29, 0.717) is 52.5 Å². The number of piperidine rings is 1. The smallest absolute Gasteiger partial charge is 0.264 e. The standard InChI is InChI=1S/C21H25N5O4S2/c1-11-10-31-21(22-11)25-17(27)13-5-7-26(8-6-13)20(28)16-12(2)15-18(30-4)23-14(9-29-3)24-19(15)32-16/h10,13H,5-9H2,1-4H3,(H,22,25,27). The molecule has 170 valence electrons. The van der Waals surface area contributed by atoms with Gasteiger partial charge in [-0.25, -0.2) is 9.97 Å². The summed E-state index contributed by atoms with van der Waals surface area (Å²) >= 11 is 2.76. The second-order valence-corrected chi connectivity index (χ2v) is 9.53. The highest BCUT2D eigenvalue weighted by Gasteiger charge is 2.30.